The maximum Gasteiger partial charge on any atom is 0.325 e. The molecule has 8 nitrogen and oxygen atoms in total. The Hall–Kier alpha value is -2.87. The Balaban J connectivity index is 1.67. The number of likely N-dealkylation sites (N-methyl/N-ethyl adjacent to an activating group) is 1. The Morgan fingerprint density at radius 3 is 2.54 bits per heavy atom. The number of urea groups is 1. The highest BCUT2D eigenvalue weighted by Crippen LogP contribution is 2.23. The van der Waals surface area contributed by atoms with Crippen LogP contribution in [-0.2, 0) is 11.3 Å². The Kier molecular flexibility index (Phi) is 5.52. The summed E-state index contributed by atoms with van der Waals surface area (Å²) in [5, 5.41) is 16.3. The van der Waals surface area contributed by atoms with Gasteiger partial charge >= 0.3 is 12.0 Å². The van der Waals surface area contributed by atoms with E-state index in [1.807, 2.05) is 0 Å². The van der Waals surface area contributed by atoms with Crippen molar-refractivity contribution in [2.24, 2.45) is 0 Å². The summed E-state index contributed by atoms with van der Waals surface area (Å²) in [6.07, 6.45) is 3.52. The third kappa shape index (κ3) is 4.20. The number of benzene rings is 1. The standard InChI is InChI=1S/C18H22N4O4/c1-21(12-15-8-11-26-20-15)16(17(23)24)13-4-6-14(7-5-13)19-18(25)22-9-2-3-10-22/h4-8,11,16H,2-3,9-10,12H2,1H3,(H,19,25)(H,23,24)/t16-/m0/s1. The normalized spacial score (nSPS) is 15.2. The molecule has 1 atom stereocenters. The van der Waals surface area contributed by atoms with E-state index in [-0.39, 0.29) is 6.03 Å². The Morgan fingerprint density at radius 1 is 1.27 bits per heavy atom. The molecule has 26 heavy (non-hydrogen) atoms. The van der Waals surface area contributed by atoms with Crippen molar-refractivity contribution in [1.82, 2.24) is 15.0 Å². The van der Waals surface area contributed by atoms with E-state index in [2.05, 4.69) is 10.5 Å². The summed E-state index contributed by atoms with van der Waals surface area (Å²) < 4.78 is 4.79. The lowest BCUT2D eigenvalue weighted by Crippen LogP contribution is -2.32. The first-order valence-corrected chi connectivity index (χ1v) is 8.53. The molecule has 0 unspecified atom stereocenters. The molecule has 1 saturated heterocycles. The third-order valence-electron chi connectivity index (χ3n) is 4.45. The van der Waals surface area contributed by atoms with E-state index < -0.39 is 12.0 Å². The van der Waals surface area contributed by atoms with Crippen LogP contribution in [0.5, 0.6) is 0 Å². The second-order valence-electron chi connectivity index (χ2n) is 6.39. The highest BCUT2D eigenvalue weighted by atomic mass is 16.5. The second-order valence-corrected chi connectivity index (χ2v) is 6.39. The largest absolute Gasteiger partial charge is 0.480 e. The number of rotatable bonds is 6. The zero-order chi connectivity index (χ0) is 18.5. The number of hydrogen-bond donors (Lipinski definition) is 2. The van der Waals surface area contributed by atoms with Crippen molar-refractivity contribution in [3.05, 3.63) is 47.9 Å². The maximum absolute atomic E-state index is 12.1. The summed E-state index contributed by atoms with van der Waals surface area (Å²) in [7, 11) is 1.72. The van der Waals surface area contributed by atoms with Crippen molar-refractivity contribution in [2.45, 2.75) is 25.4 Å². The minimum atomic E-state index is -0.954. The van der Waals surface area contributed by atoms with Gasteiger partial charge in [-0.1, -0.05) is 17.3 Å². The monoisotopic (exact) mass is 358 g/mol. The number of carbonyl (C=O) groups is 2. The number of nitrogens with zero attached hydrogens (tertiary/aromatic N) is 3. The first kappa shape index (κ1) is 17.9. The molecule has 0 bridgehead atoms. The van der Waals surface area contributed by atoms with Crippen LogP contribution in [-0.4, -0.2) is 52.2 Å². The quantitative estimate of drug-likeness (QED) is 0.823. The minimum absolute atomic E-state index is 0.117. The van der Waals surface area contributed by atoms with Crippen molar-refractivity contribution in [1.29, 1.82) is 0 Å². The lowest BCUT2D eigenvalue weighted by molar-refractivity contribution is -0.143. The Bertz CT molecular complexity index is 739. The lowest BCUT2D eigenvalue weighted by Gasteiger charge is -2.24. The number of carboxylic acid groups (broad SMARTS) is 1. The van der Waals surface area contributed by atoms with Gasteiger partial charge in [-0.2, -0.15) is 0 Å². The Morgan fingerprint density at radius 2 is 1.96 bits per heavy atom. The molecule has 2 aromatic rings. The highest BCUT2D eigenvalue weighted by Gasteiger charge is 2.25. The summed E-state index contributed by atoms with van der Waals surface area (Å²) in [6, 6.07) is 7.65. The van der Waals surface area contributed by atoms with Gasteiger partial charge in [-0.3, -0.25) is 9.69 Å². The molecular formula is C18H22N4O4. The molecule has 138 valence electrons. The van der Waals surface area contributed by atoms with Crippen molar-refractivity contribution < 1.29 is 19.2 Å². The topological polar surface area (TPSA) is 98.9 Å². The second kappa shape index (κ2) is 8.01. The van der Waals surface area contributed by atoms with Gasteiger partial charge in [0, 0.05) is 31.4 Å². The average Bonchev–Trinajstić information content (AvgIpc) is 3.29. The van der Waals surface area contributed by atoms with E-state index in [0.717, 1.165) is 25.9 Å². The molecule has 3 rings (SSSR count). The molecule has 0 spiro atoms. The van der Waals surface area contributed by atoms with Crippen LogP contribution in [0, 0.1) is 0 Å². The highest BCUT2D eigenvalue weighted by molar-refractivity contribution is 5.89. The first-order valence-electron chi connectivity index (χ1n) is 8.53. The van der Waals surface area contributed by atoms with Crippen molar-refractivity contribution in [3.63, 3.8) is 0 Å². The number of nitrogens with one attached hydrogen (secondary N) is 1. The van der Waals surface area contributed by atoms with E-state index in [1.54, 1.807) is 47.2 Å². The van der Waals surface area contributed by atoms with Gasteiger partial charge in [0.2, 0.25) is 0 Å². The predicted molar refractivity (Wildman–Crippen MR) is 94.6 cm³/mol. The van der Waals surface area contributed by atoms with Crippen molar-refractivity contribution in [2.75, 3.05) is 25.5 Å². The smallest absolute Gasteiger partial charge is 0.325 e. The third-order valence-corrected chi connectivity index (χ3v) is 4.45. The number of aliphatic carboxylic acids is 1. The fraction of sp³-hybridized carbons (Fsp3) is 0.389. The summed E-state index contributed by atoms with van der Waals surface area (Å²) in [5.74, 6) is -0.954. The summed E-state index contributed by atoms with van der Waals surface area (Å²) >= 11 is 0. The molecule has 0 radical (unpaired) electrons. The fourth-order valence-corrected chi connectivity index (χ4v) is 3.12. The number of anilines is 1. The van der Waals surface area contributed by atoms with Crippen LogP contribution < -0.4 is 5.32 Å². The molecule has 1 aromatic carbocycles. The molecule has 1 aromatic heterocycles. The summed E-state index contributed by atoms with van der Waals surface area (Å²) in [4.78, 5) is 27.3. The molecule has 2 N–H and O–H groups in total. The molecule has 2 heterocycles. The van der Waals surface area contributed by atoms with E-state index in [9.17, 15) is 14.7 Å². The average molecular weight is 358 g/mol. The van der Waals surface area contributed by atoms with E-state index in [1.165, 1.54) is 6.26 Å². The van der Waals surface area contributed by atoms with Crippen LogP contribution in [0.15, 0.2) is 41.1 Å². The number of amides is 2. The minimum Gasteiger partial charge on any atom is -0.480 e. The maximum atomic E-state index is 12.1. The number of hydrogen-bond acceptors (Lipinski definition) is 5. The predicted octanol–water partition coefficient (Wildman–Crippen LogP) is 2.56. The zero-order valence-electron chi connectivity index (χ0n) is 14.6. The summed E-state index contributed by atoms with van der Waals surface area (Å²) in [5.41, 5.74) is 1.94. The molecule has 1 aliphatic heterocycles. The SMILES string of the molecule is CN(Cc1ccon1)[C@H](C(=O)O)c1ccc(NC(=O)N2CCCC2)cc1. The molecule has 0 aliphatic carbocycles. The van der Waals surface area contributed by atoms with E-state index >= 15 is 0 Å². The number of carbonyl (C=O) groups excluding carboxylic acids is 1. The van der Waals surface area contributed by atoms with Gasteiger partial charge in [-0.05, 0) is 37.6 Å². The zero-order valence-corrected chi connectivity index (χ0v) is 14.6. The van der Waals surface area contributed by atoms with Crippen LogP contribution in [0.2, 0.25) is 0 Å². The molecule has 2 amide bonds. The van der Waals surface area contributed by atoms with Crippen LogP contribution in [0.25, 0.3) is 0 Å². The van der Waals surface area contributed by atoms with E-state index in [4.69, 9.17) is 4.52 Å². The van der Waals surface area contributed by atoms with Crippen LogP contribution in [0.4, 0.5) is 10.5 Å². The van der Waals surface area contributed by atoms with Crippen molar-refractivity contribution in [3.8, 4) is 0 Å². The van der Waals surface area contributed by atoms with Gasteiger partial charge < -0.3 is 19.8 Å². The number of carboxylic acids is 1. The Labute approximate surface area is 151 Å². The van der Waals surface area contributed by atoms with Gasteiger partial charge in [0.05, 0.1) is 5.69 Å². The molecule has 1 aliphatic rings. The number of aromatic nitrogens is 1. The molecule has 1 fully saturated rings. The van der Waals surface area contributed by atoms with Crippen LogP contribution in [0.1, 0.15) is 30.1 Å². The molecule has 0 saturated carbocycles. The van der Waals surface area contributed by atoms with Gasteiger partial charge in [0.25, 0.3) is 0 Å². The van der Waals surface area contributed by atoms with E-state index in [0.29, 0.717) is 23.5 Å². The number of likely N-dealkylation sites (tertiary alicyclic amines) is 1. The van der Waals surface area contributed by atoms with Gasteiger partial charge in [0.1, 0.15) is 12.3 Å². The van der Waals surface area contributed by atoms with Gasteiger partial charge in [0.15, 0.2) is 0 Å². The fourth-order valence-electron chi connectivity index (χ4n) is 3.12. The van der Waals surface area contributed by atoms with Gasteiger partial charge in [-0.25, -0.2) is 4.79 Å². The summed E-state index contributed by atoms with van der Waals surface area (Å²) in [6.45, 7) is 1.90. The van der Waals surface area contributed by atoms with Gasteiger partial charge in [-0.15, -0.1) is 0 Å². The van der Waals surface area contributed by atoms with Crippen LogP contribution >= 0.6 is 0 Å². The lowest BCUT2D eigenvalue weighted by atomic mass is 10.0. The van der Waals surface area contributed by atoms with Crippen molar-refractivity contribution >= 4 is 17.7 Å². The first-order chi connectivity index (χ1) is 12.5. The molecule has 8 heteroatoms. The van der Waals surface area contributed by atoms with Crippen LogP contribution in [0.3, 0.4) is 0 Å². The molecular weight excluding hydrogens is 336 g/mol.